The summed E-state index contributed by atoms with van der Waals surface area (Å²) >= 11 is 1.51. The van der Waals surface area contributed by atoms with Crippen LogP contribution in [-0.4, -0.2) is 10.9 Å². The molecule has 3 nitrogen and oxygen atoms in total. The molecule has 2 aromatic rings. The van der Waals surface area contributed by atoms with E-state index in [2.05, 4.69) is 4.98 Å². The molecule has 1 atom stereocenters. The lowest BCUT2D eigenvalue weighted by atomic mass is 9.90. The van der Waals surface area contributed by atoms with Gasteiger partial charge in [0.25, 0.3) is 0 Å². The zero-order valence-electron chi connectivity index (χ0n) is 9.94. The molecule has 0 bridgehead atoms. The van der Waals surface area contributed by atoms with Crippen molar-refractivity contribution in [3.8, 4) is 0 Å². The number of amides is 1. The molecule has 0 spiro atoms. The van der Waals surface area contributed by atoms with Crippen LogP contribution in [0.1, 0.15) is 30.7 Å². The summed E-state index contributed by atoms with van der Waals surface area (Å²) in [6, 6.07) is 4.57. The fourth-order valence-corrected chi connectivity index (χ4v) is 3.48. The number of hydrogen-bond acceptors (Lipinski definition) is 3. The van der Waals surface area contributed by atoms with E-state index in [1.165, 1.54) is 23.5 Å². The third-order valence-corrected chi connectivity index (χ3v) is 5.06. The summed E-state index contributed by atoms with van der Waals surface area (Å²) in [4.78, 5) is 15.9. The molecule has 0 saturated heterocycles. The van der Waals surface area contributed by atoms with Gasteiger partial charge in [-0.25, -0.2) is 9.37 Å². The van der Waals surface area contributed by atoms with Gasteiger partial charge in [-0.1, -0.05) is 6.92 Å². The summed E-state index contributed by atoms with van der Waals surface area (Å²) in [6.45, 7) is 1.98. The van der Waals surface area contributed by atoms with Crippen molar-refractivity contribution < 1.29 is 9.18 Å². The molecule has 1 heterocycles. The molecule has 0 radical (unpaired) electrons. The molecule has 1 aromatic heterocycles. The van der Waals surface area contributed by atoms with Crippen LogP contribution in [0.5, 0.6) is 0 Å². The summed E-state index contributed by atoms with van der Waals surface area (Å²) in [5, 5.41) is 0.868. The summed E-state index contributed by atoms with van der Waals surface area (Å²) in [5.41, 5.74) is 5.70. The molecule has 1 aromatic carbocycles. The number of thiazole rings is 1. The average Bonchev–Trinajstić information content (AvgIpc) is 3.03. The Morgan fingerprint density at radius 1 is 1.56 bits per heavy atom. The van der Waals surface area contributed by atoms with E-state index in [0.717, 1.165) is 22.5 Å². The van der Waals surface area contributed by atoms with Gasteiger partial charge < -0.3 is 5.73 Å². The topological polar surface area (TPSA) is 56.0 Å². The van der Waals surface area contributed by atoms with Crippen LogP contribution in [-0.2, 0) is 4.79 Å². The van der Waals surface area contributed by atoms with E-state index in [-0.39, 0.29) is 17.6 Å². The molecule has 1 aliphatic rings. The molecular weight excluding hydrogens is 251 g/mol. The van der Waals surface area contributed by atoms with Crippen LogP contribution in [0.15, 0.2) is 18.2 Å². The predicted octanol–water partition coefficient (Wildman–Crippen LogP) is 2.80. The predicted molar refractivity (Wildman–Crippen MR) is 68.9 cm³/mol. The molecule has 0 unspecified atom stereocenters. The maximum absolute atomic E-state index is 13.1. The van der Waals surface area contributed by atoms with Crippen molar-refractivity contribution in [3.63, 3.8) is 0 Å². The van der Waals surface area contributed by atoms with Crippen LogP contribution >= 0.6 is 11.3 Å². The van der Waals surface area contributed by atoms with Crippen molar-refractivity contribution in [2.24, 2.45) is 11.1 Å². The lowest BCUT2D eigenvalue weighted by Crippen LogP contribution is -2.29. The largest absolute Gasteiger partial charge is 0.369 e. The molecule has 94 valence electrons. The van der Waals surface area contributed by atoms with Crippen molar-refractivity contribution >= 4 is 27.5 Å². The SMILES string of the molecule is C[C@@H](c1nc2cc(F)ccc2s1)C1(C(N)=O)CC1. The second kappa shape index (κ2) is 3.75. The molecule has 1 amide bonds. The number of carbonyl (C=O) groups excluding carboxylic acids is 1. The molecule has 2 N–H and O–H groups in total. The summed E-state index contributed by atoms with van der Waals surface area (Å²) in [6.07, 6.45) is 1.65. The molecule has 0 aliphatic heterocycles. The fraction of sp³-hybridized carbons (Fsp3) is 0.385. The van der Waals surface area contributed by atoms with E-state index in [1.807, 2.05) is 6.92 Å². The Balaban J connectivity index is 2.02. The van der Waals surface area contributed by atoms with Crippen LogP contribution in [0.25, 0.3) is 10.2 Å². The van der Waals surface area contributed by atoms with Gasteiger partial charge in [0.2, 0.25) is 5.91 Å². The number of halogens is 1. The van der Waals surface area contributed by atoms with Crippen molar-refractivity contribution in [1.29, 1.82) is 0 Å². The fourth-order valence-electron chi connectivity index (χ4n) is 2.37. The maximum atomic E-state index is 13.1. The van der Waals surface area contributed by atoms with Gasteiger partial charge in [-0.05, 0) is 25.0 Å². The summed E-state index contributed by atoms with van der Waals surface area (Å²) in [5.74, 6) is -0.529. The molecule has 3 rings (SSSR count). The highest BCUT2D eigenvalue weighted by Crippen LogP contribution is 2.56. The maximum Gasteiger partial charge on any atom is 0.224 e. The Morgan fingerprint density at radius 2 is 2.28 bits per heavy atom. The third kappa shape index (κ3) is 1.61. The highest BCUT2D eigenvalue weighted by Gasteiger charge is 2.54. The van der Waals surface area contributed by atoms with Crippen molar-refractivity contribution in [1.82, 2.24) is 4.98 Å². The van der Waals surface area contributed by atoms with Gasteiger partial charge in [0, 0.05) is 12.0 Å². The summed E-state index contributed by atoms with van der Waals surface area (Å²) < 4.78 is 14.1. The number of hydrogen-bond donors (Lipinski definition) is 1. The first-order valence-electron chi connectivity index (χ1n) is 5.89. The lowest BCUT2D eigenvalue weighted by Gasteiger charge is -2.17. The Bertz CT molecular complexity index is 633. The van der Waals surface area contributed by atoms with E-state index in [4.69, 9.17) is 5.73 Å². The van der Waals surface area contributed by atoms with Gasteiger partial charge in [0.05, 0.1) is 20.6 Å². The van der Waals surface area contributed by atoms with E-state index < -0.39 is 5.41 Å². The first-order valence-corrected chi connectivity index (χ1v) is 6.70. The molecule has 1 saturated carbocycles. The number of rotatable bonds is 3. The Morgan fingerprint density at radius 3 is 2.89 bits per heavy atom. The van der Waals surface area contributed by atoms with E-state index >= 15 is 0 Å². The minimum absolute atomic E-state index is 0.00969. The number of fused-ring (bicyclic) bond motifs is 1. The Kier molecular flexibility index (Phi) is 2.41. The lowest BCUT2D eigenvalue weighted by molar-refractivity contribution is -0.123. The smallest absolute Gasteiger partial charge is 0.224 e. The van der Waals surface area contributed by atoms with Gasteiger partial charge in [-0.15, -0.1) is 11.3 Å². The normalized spacial score (nSPS) is 18.8. The molecular formula is C13H13FN2OS. The van der Waals surface area contributed by atoms with E-state index in [1.54, 1.807) is 6.07 Å². The first kappa shape index (κ1) is 11.6. The molecule has 1 fully saturated rings. The van der Waals surface area contributed by atoms with Gasteiger partial charge >= 0.3 is 0 Å². The van der Waals surface area contributed by atoms with Gasteiger partial charge in [-0.3, -0.25) is 4.79 Å². The molecule has 1 aliphatic carbocycles. The highest BCUT2D eigenvalue weighted by molar-refractivity contribution is 7.18. The zero-order valence-corrected chi connectivity index (χ0v) is 10.8. The van der Waals surface area contributed by atoms with Crippen LogP contribution in [0, 0.1) is 11.2 Å². The first-order chi connectivity index (χ1) is 8.53. The molecule has 18 heavy (non-hydrogen) atoms. The van der Waals surface area contributed by atoms with Gasteiger partial charge in [0.1, 0.15) is 5.82 Å². The average molecular weight is 264 g/mol. The van der Waals surface area contributed by atoms with Crippen molar-refractivity contribution in [3.05, 3.63) is 29.0 Å². The number of nitrogens with zero attached hydrogens (tertiary/aromatic N) is 1. The highest BCUT2D eigenvalue weighted by atomic mass is 32.1. The quantitative estimate of drug-likeness (QED) is 0.926. The van der Waals surface area contributed by atoms with Crippen molar-refractivity contribution in [2.45, 2.75) is 25.7 Å². The Hall–Kier alpha value is -1.49. The van der Waals surface area contributed by atoms with Crippen LogP contribution in [0.2, 0.25) is 0 Å². The number of nitrogens with two attached hydrogens (primary N) is 1. The van der Waals surface area contributed by atoms with Gasteiger partial charge in [-0.2, -0.15) is 0 Å². The van der Waals surface area contributed by atoms with Crippen LogP contribution < -0.4 is 5.73 Å². The zero-order chi connectivity index (χ0) is 12.9. The van der Waals surface area contributed by atoms with Crippen molar-refractivity contribution in [2.75, 3.05) is 0 Å². The van der Waals surface area contributed by atoms with E-state index in [9.17, 15) is 9.18 Å². The third-order valence-electron chi connectivity index (χ3n) is 3.84. The monoisotopic (exact) mass is 264 g/mol. The second-order valence-corrected chi connectivity index (χ2v) is 5.97. The number of primary amides is 1. The van der Waals surface area contributed by atoms with Crippen LogP contribution in [0.3, 0.4) is 0 Å². The minimum Gasteiger partial charge on any atom is -0.369 e. The standard InChI is InChI=1S/C13H13FN2OS/c1-7(13(4-5-13)12(15)17)11-16-9-6-8(14)2-3-10(9)18-11/h2-3,6-7H,4-5H2,1H3,(H2,15,17)/t7-/m0/s1. The second-order valence-electron chi connectivity index (χ2n) is 4.91. The van der Waals surface area contributed by atoms with Crippen LogP contribution in [0.4, 0.5) is 4.39 Å². The number of aromatic nitrogens is 1. The molecule has 5 heteroatoms. The Labute approximate surface area is 108 Å². The van der Waals surface area contributed by atoms with Gasteiger partial charge in [0.15, 0.2) is 0 Å². The number of benzene rings is 1. The van der Waals surface area contributed by atoms with E-state index in [0.29, 0.717) is 5.52 Å². The summed E-state index contributed by atoms with van der Waals surface area (Å²) in [7, 11) is 0. The number of carbonyl (C=O) groups is 1. The minimum atomic E-state index is -0.424.